The van der Waals surface area contributed by atoms with E-state index in [1.54, 1.807) is 25.3 Å². The molecule has 1 atom stereocenters. The molecule has 0 unspecified atom stereocenters. The monoisotopic (exact) mass is 624 g/mol. The number of halogens is 1. The Bertz CT molecular complexity index is 2370. The molecule has 7 heteroatoms. The SMILES string of the molecule is COc1cccc([C@H]2C3=C(N=c4s/c(=C/c5c(OCc6ccccc6F)ccc6ccccc56)c(=O)n42)c2ccccc2CC3)c1. The number of aromatic nitrogens is 1. The lowest BCUT2D eigenvalue weighted by atomic mass is 9.83. The maximum Gasteiger partial charge on any atom is 0.271 e. The van der Waals surface area contributed by atoms with E-state index in [2.05, 4.69) is 24.3 Å². The number of benzene rings is 5. The van der Waals surface area contributed by atoms with Crippen LogP contribution in [0.5, 0.6) is 11.5 Å². The van der Waals surface area contributed by atoms with Crippen LogP contribution in [0.2, 0.25) is 0 Å². The van der Waals surface area contributed by atoms with E-state index >= 15 is 0 Å². The second-order valence-electron chi connectivity index (χ2n) is 11.5. The minimum atomic E-state index is -0.318. The first kappa shape index (κ1) is 28.2. The van der Waals surface area contributed by atoms with Gasteiger partial charge in [0.15, 0.2) is 4.80 Å². The number of allylic oxidation sites excluding steroid dienone is 1. The van der Waals surface area contributed by atoms with Crippen LogP contribution < -0.4 is 24.4 Å². The zero-order chi connectivity index (χ0) is 31.2. The smallest absolute Gasteiger partial charge is 0.271 e. The van der Waals surface area contributed by atoms with Gasteiger partial charge in [-0.05, 0) is 70.7 Å². The standard InChI is InChI=1S/C39H29FN2O3S/c1-44-28-13-8-12-26(21-28)37-31-19-17-25-10-3-6-15-30(25)36(31)41-39-42(37)38(43)35(46-39)22-32-29-14-5-2-9-24(29)18-20-34(32)45-23-27-11-4-7-16-33(27)40/h2-16,18,20-22,37H,17,19,23H2,1H3/b35-22+/t37-/m0/s1. The van der Waals surface area contributed by atoms with E-state index in [1.165, 1.54) is 23.0 Å². The van der Waals surface area contributed by atoms with Gasteiger partial charge in [0.2, 0.25) is 0 Å². The normalized spacial score (nSPS) is 15.6. The Morgan fingerprint density at radius 2 is 1.76 bits per heavy atom. The zero-order valence-electron chi connectivity index (χ0n) is 25.1. The Morgan fingerprint density at radius 1 is 0.935 bits per heavy atom. The second kappa shape index (κ2) is 11.6. The van der Waals surface area contributed by atoms with Crippen LogP contribution in [-0.2, 0) is 13.0 Å². The molecule has 6 aromatic rings. The van der Waals surface area contributed by atoms with Gasteiger partial charge in [0, 0.05) is 16.7 Å². The third kappa shape index (κ3) is 4.84. The second-order valence-corrected chi connectivity index (χ2v) is 12.5. The maximum absolute atomic E-state index is 14.5. The number of aryl methyl sites for hydroxylation is 1. The molecule has 0 N–H and O–H groups in total. The first-order chi connectivity index (χ1) is 22.6. The van der Waals surface area contributed by atoms with Crippen LogP contribution in [0.4, 0.5) is 4.39 Å². The van der Waals surface area contributed by atoms with Gasteiger partial charge < -0.3 is 9.47 Å². The summed E-state index contributed by atoms with van der Waals surface area (Å²) in [5.41, 5.74) is 6.55. The molecule has 0 amide bonds. The number of nitrogens with zero attached hydrogens (tertiary/aromatic N) is 2. The van der Waals surface area contributed by atoms with Gasteiger partial charge >= 0.3 is 0 Å². The molecule has 1 aliphatic carbocycles. The number of rotatable bonds is 6. The highest BCUT2D eigenvalue weighted by molar-refractivity contribution is 7.07. The molecule has 0 fully saturated rings. The van der Waals surface area contributed by atoms with Crippen LogP contribution in [0.3, 0.4) is 0 Å². The largest absolute Gasteiger partial charge is 0.497 e. The number of fused-ring (bicyclic) bond motifs is 4. The predicted octanol–water partition coefficient (Wildman–Crippen LogP) is 7.20. The summed E-state index contributed by atoms with van der Waals surface area (Å²) in [6.07, 6.45) is 3.59. The number of hydrogen-bond acceptors (Lipinski definition) is 5. The number of thiazole rings is 1. The van der Waals surface area contributed by atoms with Crippen molar-refractivity contribution in [3.8, 4) is 11.5 Å². The summed E-state index contributed by atoms with van der Waals surface area (Å²) in [5.74, 6) is 0.994. The van der Waals surface area contributed by atoms with E-state index in [9.17, 15) is 9.18 Å². The molecule has 226 valence electrons. The molecule has 5 aromatic carbocycles. The van der Waals surface area contributed by atoms with Gasteiger partial charge in [-0.2, -0.15) is 0 Å². The third-order valence-electron chi connectivity index (χ3n) is 8.83. The molecule has 5 nitrogen and oxygen atoms in total. The highest BCUT2D eigenvalue weighted by atomic mass is 32.1. The first-order valence-electron chi connectivity index (χ1n) is 15.2. The van der Waals surface area contributed by atoms with Crippen molar-refractivity contribution in [3.05, 3.63) is 168 Å². The van der Waals surface area contributed by atoms with Crippen LogP contribution in [-0.4, -0.2) is 11.7 Å². The lowest BCUT2D eigenvalue weighted by Gasteiger charge is -2.31. The van der Waals surface area contributed by atoms with E-state index in [-0.39, 0.29) is 24.0 Å². The molecule has 1 aliphatic heterocycles. The van der Waals surface area contributed by atoms with Crippen LogP contribution in [0.1, 0.15) is 40.3 Å². The molecule has 2 aliphatic rings. The lowest BCUT2D eigenvalue weighted by Crippen LogP contribution is -2.38. The van der Waals surface area contributed by atoms with Crippen LogP contribution in [0.15, 0.2) is 125 Å². The highest BCUT2D eigenvalue weighted by Gasteiger charge is 2.32. The van der Waals surface area contributed by atoms with Gasteiger partial charge in [-0.25, -0.2) is 9.38 Å². The van der Waals surface area contributed by atoms with Crippen LogP contribution in [0.25, 0.3) is 22.5 Å². The number of methoxy groups -OCH3 is 1. The van der Waals surface area contributed by atoms with Gasteiger partial charge in [0.05, 0.1) is 23.4 Å². The molecule has 0 spiro atoms. The first-order valence-corrected chi connectivity index (χ1v) is 16.1. The van der Waals surface area contributed by atoms with Gasteiger partial charge in [0.1, 0.15) is 23.9 Å². The predicted molar refractivity (Wildman–Crippen MR) is 180 cm³/mol. The summed E-state index contributed by atoms with van der Waals surface area (Å²) < 4.78 is 28.7. The quantitative estimate of drug-likeness (QED) is 0.197. The fraction of sp³-hybridized carbons (Fsp3) is 0.128. The van der Waals surface area contributed by atoms with Gasteiger partial charge in [-0.1, -0.05) is 96.3 Å². The summed E-state index contributed by atoms with van der Waals surface area (Å²) in [7, 11) is 1.65. The molecule has 0 saturated carbocycles. The molecule has 8 rings (SSSR count). The summed E-state index contributed by atoms with van der Waals surface area (Å²) in [4.78, 5) is 20.3. The molecular formula is C39H29FN2O3S. The van der Waals surface area contributed by atoms with Gasteiger partial charge in [-0.15, -0.1) is 0 Å². The Morgan fingerprint density at radius 3 is 2.65 bits per heavy atom. The minimum Gasteiger partial charge on any atom is -0.497 e. The van der Waals surface area contributed by atoms with Crippen molar-refractivity contribution in [2.24, 2.45) is 4.99 Å². The van der Waals surface area contributed by atoms with Crippen molar-refractivity contribution in [1.29, 1.82) is 0 Å². The van der Waals surface area contributed by atoms with E-state index in [0.29, 0.717) is 20.6 Å². The summed E-state index contributed by atoms with van der Waals surface area (Å²) in [5, 5.41) is 1.96. The number of ether oxygens (including phenoxy) is 2. The van der Waals surface area contributed by atoms with E-state index < -0.39 is 0 Å². The molecule has 1 aromatic heterocycles. The Balaban J connectivity index is 1.33. The van der Waals surface area contributed by atoms with Crippen molar-refractivity contribution in [2.75, 3.05) is 7.11 Å². The van der Waals surface area contributed by atoms with Crippen molar-refractivity contribution in [2.45, 2.75) is 25.5 Å². The third-order valence-corrected chi connectivity index (χ3v) is 9.81. The summed E-state index contributed by atoms with van der Waals surface area (Å²) in [6, 6.07) is 34.5. The van der Waals surface area contributed by atoms with Crippen LogP contribution >= 0.6 is 11.3 Å². The van der Waals surface area contributed by atoms with E-state index in [4.69, 9.17) is 14.5 Å². The van der Waals surface area contributed by atoms with Crippen LogP contribution in [0, 0.1) is 5.82 Å². The van der Waals surface area contributed by atoms with Crippen molar-refractivity contribution < 1.29 is 13.9 Å². The average molecular weight is 625 g/mol. The Hall–Kier alpha value is -5.27. The molecule has 0 saturated heterocycles. The Kier molecular flexibility index (Phi) is 7.11. The average Bonchev–Trinajstić information content (AvgIpc) is 3.41. The topological polar surface area (TPSA) is 52.8 Å². The molecular weight excluding hydrogens is 596 g/mol. The number of hydrogen-bond donors (Lipinski definition) is 0. The molecule has 46 heavy (non-hydrogen) atoms. The molecule has 0 bridgehead atoms. The highest BCUT2D eigenvalue weighted by Crippen LogP contribution is 2.41. The maximum atomic E-state index is 14.5. The fourth-order valence-corrected chi connectivity index (χ4v) is 7.57. The molecule has 2 heterocycles. The van der Waals surface area contributed by atoms with Gasteiger partial charge in [-0.3, -0.25) is 9.36 Å². The molecule has 0 radical (unpaired) electrons. The van der Waals surface area contributed by atoms with E-state index in [0.717, 1.165) is 57.3 Å². The minimum absolute atomic E-state index is 0.0646. The lowest BCUT2D eigenvalue weighted by molar-refractivity contribution is 0.299. The van der Waals surface area contributed by atoms with E-state index in [1.807, 2.05) is 71.3 Å². The van der Waals surface area contributed by atoms with Crippen molar-refractivity contribution in [1.82, 2.24) is 4.57 Å². The fourth-order valence-electron chi connectivity index (χ4n) is 6.59. The van der Waals surface area contributed by atoms with Crippen molar-refractivity contribution in [3.63, 3.8) is 0 Å². The summed E-state index contributed by atoms with van der Waals surface area (Å²) in [6.45, 7) is 0.0646. The van der Waals surface area contributed by atoms with Gasteiger partial charge in [0.25, 0.3) is 5.56 Å². The zero-order valence-corrected chi connectivity index (χ0v) is 25.9. The summed E-state index contributed by atoms with van der Waals surface area (Å²) >= 11 is 1.38. The Labute approximate surface area is 268 Å². The van der Waals surface area contributed by atoms with Crippen molar-refractivity contribution >= 4 is 33.9 Å².